The molecule has 0 aromatic carbocycles. The van der Waals surface area contributed by atoms with Gasteiger partial charge >= 0.3 is 0 Å². The molecule has 0 amide bonds. The van der Waals surface area contributed by atoms with Crippen molar-refractivity contribution in [3.05, 3.63) is 35.5 Å². The van der Waals surface area contributed by atoms with Crippen LogP contribution >= 0.6 is 0 Å². The molecule has 0 radical (unpaired) electrons. The highest BCUT2D eigenvalue weighted by Crippen LogP contribution is 2.26. The first-order chi connectivity index (χ1) is 11.0. The van der Waals surface area contributed by atoms with Crippen LogP contribution in [0.15, 0.2) is 35.5 Å². The Kier molecular flexibility index (Phi) is 8.85. The first-order valence-corrected chi connectivity index (χ1v) is 9.42. The van der Waals surface area contributed by atoms with Gasteiger partial charge in [0.25, 0.3) is 0 Å². The summed E-state index contributed by atoms with van der Waals surface area (Å²) in [6.45, 7) is 0. The molecule has 0 N–H and O–H groups in total. The van der Waals surface area contributed by atoms with E-state index in [2.05, 4.69) is 36.1 Å². The number of rotatable bonds is 0. The van der Waals surface area contributed by atoms with Gasteiger partial charge in [-0.3, -0.25) is 0 Å². The van der Waals surface area contributed by atoms with Crippen LogP contribution < -0.4 is 0 Å². The number of hydrogen-bond donors (Lipinski definition) is 0. The van der Waals surface area contributed by atoms with Crippen molar-refractivity contribution in [3.8, 4) is 11.8 Å². The van der Waals surface area contributed by atoms with Crippen molar-refractivity contribution in [2.75, 3.05) is 0 Å². The Hall–Kier alpha value is -1.22. The SMILES string of the molecule is C1#CCCCCC/C2=C(/C/C=C/CC/C=C/C2)CCCCC1. The lowest BCUT2D eigenvalue weighted by Crippen LogP contribution is -1.95. The second-order valence-corrected chi connectivity index (χ2v) is 6.61. The maximum absolute atomic E-state index is 3.35. The molecular weight excluding hydrogens is 264 g/mol. The van der Waals surface area contributed by atoms with Gasteiger partial charge in [-0.25, -0.2) is 0 Å². The summed E-state index contributed by atoms with van der Waals surface area (Å²) in [7, 11) is 0. The minimum atomic E-state index is 1.11. The van der Waals surface area contributed by atoms with Crippen molar-refractivity contribution < 1.29 is 0 Å². The standard InChI is InChI=1S/C22H32/c1-2-4-6-10-14-18-22-20-16-12-8-7-11-15-19-21(22)17-13-9-5-3-1/h11-12,15-16H,3-10,13-14,17-20H2/b15-11+,16-12+,22-21-. The summed E-state index contributed by atoms with van der Waals surface area (Å²) >= 11 is 0. The van der Waals surface area contributed by atoms with Gasteiger partial charge in [0.2, 0.25) is 0 Å². The zero-order valence-corrected chi connectivity index (χ0v) is 14.2. The van der Waals surface area contributed by atoms with E-state index in [1.807, 2.05) is 0 Å². The molecule has 22 heavy (non-hydrogen) atoms. The molecule has 0 heterocycles. The molecule has 0 saturated carbocycles. The Morgan fingerprint density at radius 1 is 0.545 bits per heavy atom. The average Bonchev–Trinajstić information content (AvgIpc) is 2.54. The van der Waals surface area contributed by atoms with Crippen LogP contribution in [0.4, 0.5) is 0 Å². The highest BCUT2D eigenvalue weighted by atomic mass is 14.1. The van der Waals surface area contributed by atoms with Gasteiger partial charge in [0.05, 0.1) is 0 Å². The third kappa shape index (κ3) is 7.17. The lowest BCUT2D eigenvalue weighted by atomic mass is 9.91. The topological polar surface area (TPSA) is 0 Å². The molecule has 0 unspecified atom stereocenters. The van der Waals surface area contributed by atoms with E-state index < -0.39 is 0 Å². The zero-order valence-electron chi connectivity index (χ0n) is 14.2. The fourth-order valence-electron chi connectivity index (χ4n) is 3.36. The Labute approximate surface area is 137 Å². The van der Waals surface area contributed by atoms with Gasteiger partial charge in [0.15, 0.2) is 0 Å². The third-order valence-electron chi connectivity index (χ3n) is 4.75. The van der Waals surface area contributed by atoms with E-state index in [-0.39, 0.29) is 0 Å². The van der Waals surface area contributed by atoms with Crippen LogP contribution in [0.1, 0.15) is 89.9 Å². The fraction of sp³-hybridized carbons (Fsp3) is 0.636. The van der Waals surface area contributed by atoms with Crippen LogP contribution in [-0.2, 0) is 0 Å². The molecule has 0 aromatic rings. The second-order valence-electron chi connectivity index (χ2n) is 6.61. The van der Waals surface area contributed by atoms with Crippen LogP contribution in [0.2, 0.25) is 0 Å². The zero-order chi connectivity index (χ0) is 15.3. The molecule has 0 nitrogen and oxygen atoms in total. The number of hydrogen-bond acceptors (Lipinski definition) is 0. The summed E-state index contributed by atoms with van der Waals surface area (Å²) in [6.07, 6.45) is 27.2. The molecule has 0 heteroatoms. The van der Waals surface area contributed by atoms with Gasteiger partial charge in [0, 0.05) is 12.8 Å². The van der Waals surface area contributed by atoms with Crippen LogP contribution in [0.25, 0.3) is 0 Å². The minimum absolute atomic E-state index is 1.11. The molecule has 0 saturated heterocycles. The van der Waals surface area contributed by atoms with Gasteiger partial charge < -0.3 is 0 Å². The first-order valence-electron chi connectivity index (χ1n) is 9.42. The Morgan fingerprint density at radius 3 is 1.55 bits per heavy atom. The normalized spacial score (nSPS) is 28.4. The van der Waals surface area contributed by atoms with Crippen LogP contribution in [0.3, 0.4) is 0 Å². The van der Waals surface area contributed by atoms with Crippen molar-refractivity contribution in [1.82, 2.24) is 0 Å². The van der Waals surface area contributed by atoms with Gasteiger partial charge in [-0.2, -0.15) is 0 Å². The second kappa shape index (κ2) is 11.4. The van der Waals surface area contributed by atoms with Crippen LogP contribution in [0, 0.1) is 11.8 Å². The summed E-state index contributed by atoms with van der Waals surface area (Å²) < 4.78 is 0. The molecule has 2 aliphatic rings. The quantitative estimate of drug-likeness (QED) is 0.337. The molecule has 0 bridgehead atoms. The van der Waals surface area contributed by atoms with Crippen LogP contribution in [0.5, 0.6) is 0 Å². The minimum Gasteiger partial charge on any atom is -0.103 e. The fourth-order valence-corrected chi connectivity index (χ4v) is 3.36. The monoisotopic (exact) mass is 296 g/mol. The lowest BCUT2D eigenvalue weighted by molar-refractivity contribution is 0.652. The smallest absolute Gasteiger partial charge is 0.00886 e. The summed E-state index contributed by atoms with van der Waals surface area (Å²) in [6, 6.07) is 0. The molecule has 0 aliphatic heterocycles. The molecule has 2 rings (SSSR count). The molecule has 0 fully saturated rings. The Balaban J connectivity index is 2.03. The summed E-state index contributed by atoms with van der Waals surface area (Å²) in [5.74, 6) is 6.69. The van der Waals surface area contributed by atoms with E-state index in [9.17, 15) is 0 Å². The van der Waals surface area contributed by atoms with Gasteiger partial charge in [-0.15, -0.1) is 11.8 Å². The van der Waals surface area contributed by atoms with E-state index in [1.165, 1.54) is 77.0 Å². The van der Waals surface area contributed by atoms with Crippen molar-refractivity contribution in [1.29, 1.82) is 0 Å². The highest BCUT2D eigenvalue weighted by molar-refractivity contribution is 5.21. The van der Waals surface area contributed by atoms with E-state index in [4.69, 9.17) is 0 Å². The van der Waals surface area contributed by atoms with Crippen molar-refractivity contribution >= 4 is 0 Å². The van der Waals surface area contributed by atoms with Gasteiger partial charge in [0.1, 0.15) is 0 Å². The van der Waals surface area contributed by atoms with Gasteiger partial charge in [-0.1, -0.05) is 48.3 Å². The maximum atomic E-state index is 3.35. The van der Waals surface area contributed by atoms with E-state index >= 15 is 0 Å². The molecular formula is C22H32. The van der Waals surface area contributed by atoms with Gasteiger partial charge in [-0.05, 0) is 64.2 Å². The van der Waals surface area contributed by atoms with E-state index in [1.54, 1.807) is 11.1 Å². The predicted octanol–water partition coefficient (Wildman–Crippen LogP) is 6.89. The van der Waals surface area contributed by atoms with Crippen molar-refractivity contribution in [2.45, 2.75) is 89.9 Å². The molecule has 0 aromatic heterocycles. The third-order valence-corrected chi connectivity index (χ3v) is 4.75. The molecule has 2 aliphatic carbocycles. The lowest BCUT2D eigenvalue weighted by Gasteiger charge is -2.15. The summed E-state index contributed by atoms with van der Waals surface area (Å²) in [5, 5.41) is 0. The predicted molar refractivity (Wildman–Crippen MR) is 97.7 cm³/mol. The molecule has 0 atom stereocenters. The van der Waals surface area contributed by atoms with Crippen LogP contribution in [-0.4, -0.2) is 0 Å². The molecule has 120 valence electrons. The van der Waals surface area contributed by atoms with Crippen molar-refractivity contribution in [2.24, 2.45) is 0 Å². The summed E-state index contributed by atoms with van der Waals surface area (Å²) in [5.41, 5.74) is 3.48. The summed E-state index contributed by atoms with van der Waals surface area (Å²) in [4.78, 5) is 0. The Morgan fingerprint density at radius 2 is 1.05 bits per heavy atom. The largest absolute Gasteiger partial charge is 0.103 e. The number of allylic oxidation sites excluding steroid dienone is 6. The van der Waals surface area contributed by atoms with Crippen molar-refractivity contribution in [3.63, 3.8) is 0 Å². The Bertz CT molecular complexity index is 410. The average molecular weight is 296 g/mol. The molecule has 0 spiro atoms. The van der Waals surface area contributed by atoms with E-state index in [0.717, 1.165) is 12.8 Å². The van der Waals surface area contributed by atoms with E-state index in [0.29, 0.717) is 0 Å². The highest BCUT2D eigenvalue weighted by Gasteiger charge is 2.06. The first kappa shape index (κ1) is 17.1. The maximum Gasteiger partial charge on any atom is 0.00886 e.